The Labute approximate surface area is 195 Å². The van der Waals surface area contributed by atoms with Crippen LogP contribution in [0, 0.1) is 12.8 Å². The highest BCUT2D eigenvalue weighted by atomic mass is 32.1. The number of nitrogens with zero attached hydrogens (tertiary/aromatic N) is 2. The van der Waals surface area contributed by atoms with Crippen molar-refractivity contribution in [3.63, 3.8) is 0 Å². The smallest absolute Gasteiger partial charge is 0.314 e. The Morgan fingerprint density at radius 1 is 1.00 bits per heavy atom. The van der Waals surface area contributed by atoms with E-state index in [0.29, 0.717) is 42.3 Å². The summed E-state index contributed by atoms with van der Waals surface area (Å²) in [4.78, 5) is 43.9. The van der Waals surface area contributed by atoms with E-state index >= 15 is 0 Å². The molecule has 170 valence electrons. The molecule has 33 heavy (non-hydrogen) atoms. The first-order chi connectivity index (χ1) is 15.9. The molecule has 1 aliphatic heterocycles. The molecule has 0 unspecified atom stereocenters. The number of anilines is 2. The number of phenolic OH excluding ortho intramolecular Hbond substituents is 1. The van der Waals surface area contributed by atoms with E-state index in [4.69, 9.17) is 0 Å². The van der Waals surface area contributed by atoms with Crippen molar-refractivity contribution in [3.05, 3.63) is 59.6 Å². The molecule has 9 heteroatoms. The van der Waals surface area contributed by atoms with E-state index in [1.165, 1.54) is 22.3 Å². The zero-order chi connectivity index (χ0) is 23.4. The van der Waals surface area contributed by atoms with Crippen LogP contribution in [0.1, 0.15) is 17.8 Å². The number of nitrogens with one attached hydrogen (secondary N) is 2. The number of phenols is 1. The van der Waals surface area contributed by atoms with Crippen LogP contribution in [-0.2, 0) is 14.4 Å². The van der Waals surface area contributed by atoms with Crippen molar-refractivity contribution < 1.29 is 19.5 Å². The molecule has 1 saturated heterocycles. The van der Waals surface area contributed by atoms with Gasteiger partial charge in [0.15, 0.2) is 0 Å². The predicted octanol–water partition coefficient (Wildman–Crippen LogP) is 3.64. The third-order valence-corrected chi connectivity index (χ3v) is 6.40. The van der Waals surface area contributed by atoms with Crippen molar-refractivity contribution in [2.75, 3.05) is 23.7 Å². The fourth-order valence-corrected chi connectivity index (χ4v) is 4.60. The first kappa shape index (κ1) is 22.5. The van der Waals surface area contributed by atoms with Crippen LogP contribution in [0.2, 0.25) is 0 Å². The molecule has 0 aliphatic carbocycles. The van der Waals surface area contributed by atoms with Gasteiger partial charge >= 0.3 is 11.8 Å². The van der Waals surface area contributed by atoms with Gasteiger partial charge in [0.1, 0.15) is 16.4 Å². The molecule has 2 heterocycles. The highest BCUT2D eigenvalue weighted by Crippen LogP contribution is 2.33. The molecule has 4 rings (SSSR count). The number of aromatic hydroxyl groups is 1. The molecule has 1 fully saturated rings. The quantitative estimate of drug-likeness (QED) is 0.403. The van der Waals surface area contributed by atoms with Crippen molar-refractivity contribution in [1.29, 1.82) is 0 Å². The van der Waals surface area contributed by atoms with Gasteiger partial charge in [-0.05, 0) is 31.9 Å². The highest BCUT2D eigenvalue weighted by Gasteiger charge is 2.31. The SMILES string of the molecule is Cc1nc(-c2ccccc2)c(NC(=O)C(=O)N2CCC(C(=O)Nc3ccccc3O)CC2)s1. The van der Waals surface area contributed by atoms with Crippen LogP contribution in [-0.4, -0.2) is 45.8 Å². The van der Waals surface area contributed by atoms with Crippen LogP contribution in [0.4, 0.5) is 10.7 Å². The van der Waals surface area contributed by atoms with Gasteiger partial charge in [-0.2, -0.15) is 0 Å². The number of para-hydroxylation sites is 2. The molecular formula is C24H24N4O4S. The fraction of sp³-hybridized carbons (Fsp3) is 0.250. The van der Waals surface area contributed by atoms with Gasteiger partial charge in [-0.3, -0.25) is 14.4 Å². The molecule has 1 aliphatic rings. The van der Waals surface area contributed by atoms with E-state index in [2.05, 4.69) is 15.6 Å². The summed E-state index contributed by atoms with van der Waals surface area (Å²) in [5, 5.41) is 16.6. The summed E-state index contributed by atoms with van der Waals surface area (Å²) in [6.07, 6.45) is 0.876. The van der Waals surface area contributed by atoms with Gasteiger partial charge in [0.2, 0.25) is 5.91 Å². The summed E-state index contributed by atoms with van der Waals surface area (Å²) in [6.45, 7) is 2.45. The Kier molecular flexibility index (Phi) is 6.69. The van der Waals surface area contributed by atoms with Crippen LogP contribution in [0.5, 0.6) is 5.75 Å². The first-order valence-electron chi connectivity index (χ1n) is 10.6. The summed E-state index contributed by atoms with van der Waals surface area (Å²) in [7, 11) is 0. The van der Waals surface area contributed by atoms with Gasteiger partial charge in [-0.1, -0.05) is 42.5 Å². The number of hydrogen-bond acceptors (Lipinski definition) is 6. The van der Waals surface area contributed by atoms with Crippen molar-refractivity contribution in [2.45, 2.75) is 19.8 Å². The largest absolute Gasteiger partial charge is 0.506 e. The molecule has 2 aromatic carbocycles. The standard InChI is InChI=1S/C24H24N4O4S/c1-15-25-20(16-7-3-2-4-8-16)23(33-15)27-22(31)24(32)28-13-11-17(12-14-28)21(30)26-18-9-5-6-10-19(18)29/h2-10,17,29H,11-14H2,1H3,(H,26,30)(H,27,31). The van der Waals surface area contributed by atoms with Gasteiger partial charge in [0, 0.05) is 24.6 Å². The third-order valence-electron chi connectivity index (χ3n) is 5.52. The summed E-state index contributed by atoms with van der Waals surface area (Å²) >= 11 is 1.32. The predicted molar refractivity (Wildman–Crippen MR) is 127 cm³/mol. The number of amides is 3. The Bertz CT molecular complexity index is 1170. The number of aryl methyl sites for hydroxylation is 1. The Hall–Kier alpha value is -3.72. The summed E-state index contributed by atoms with van der Waals surface area (Å²) < 4.78 is 0. The number of hydrogen-bond donors (Lipinski definition) is 3. The normalized spacial score (nSPS) is 14.0. The van der Waals surface area contributed by atoms with Gasteiger partial charge in [0.05, 0.1) is 10.7 Å². The second-order valence-electron chi connectivity index (χ2n) is 7.80. The first-order valence-corrected chi connectivity index (χ1v) is 11.5. The molecule has 0 spiro atoms. The molecule has 1 aromatic heterocycles. The molecule has 0 saturated carbocycles. The Balaban J connectivity index is 1.34. The van der Waals surface area contributed by atoms with Gasteiger partial charge < -0.3 is 20.6 Å². The lowest BCUT2D eigenvalue weighted by atomic mass is 9.95. The number of carbonyl (C=O) groups is 3. The van der Waals surface area contributed by atoms with Gasteiger partial charge in [-0.25, -0.2) is 4.98 Å². The molecule has 3 N–H and O–H groups in total. The molecule has 0 bridgehead atoms. The zero-order valence-corrected chi connectivity index (χ0v) is 18.9. The summed E-state index contributed by atoms with van der Waals surface area (Å²) in [6, 6.07) is 16.0. The number of thiazole rings is 1. The van der Waals surface area contributed by atoms with Crippen molar-refractivity contribution in [3.8, 4) is 17.0 Å². The van der Waals surface area contributed by atoms with Crippen LogP contribution >= 0.6 is 11.3 Å². The minimum atomic E-state index is -0.715. The minimum absolute atomic E-state index is 0.00307. The summed E-state index contributed by atoms with van der Waals surface area (Å²) in [5.74, 6) is -1.85. The monoisotopic (exact) mass is 464 g/mol. The molecule has 8 nitrogen and oxygen atoms in total. The number of carbonyl (C=O) groups excluding carboxylic acids is 3. The van der Waals surface area contributed by atoms with Crippen molar-refractivity contribution in [1.82, 2.24) is 9.88 Å². The second-order valence-corrected chi connectivity index (χ2v) is 9.01. The highest BCUT2D eigenvalue weighted by molar-refractivity contribution is 7.16. The van der Waals surface area contributed by atoms with Crippen LogP contribution in [0.25, 0.3) is 11.3 Å². The lowest BCUT2D eigenvalue weighted by molar-refractivity contribution is -0.144. The number of benzene rings is 2. The molecular weight excluding hydrogens is 440 g/mol. The third kappa shape index (κ3) is 5.20. The van der Waals surface area contributed by atoms with Gasteiger partial charge in [0.25, 0.3) is 0 Å². The minimum Gasteiger partial charge on any atom is -0.506 e. The molecule has 0 atom stereocenters. The van der Waals surface area contributed by atoms with E-state index in [1.807, 2.05) is 37.3 Å². The maximum atomic E-state index is 12.7. The van der Waals surface area contributed by atoms with E-state index < -0.39 is 11.8 Å². The van der Waals surface area contributed by atoms with Crippen molar-refractivity contribution >= 4 is 39.7 Å². The van der Waals surface area contributed by atoms with E-state index in [0.717, 1.165) is 10.6 Å². The summed E-state index contributed by atoms with van der Waals surface area (Å²) in [5.41, 5.74) is 1.86. The zero-order valence-electron chi connectivity index (χ0n) is 18.1. The maximum absolute atomic E-state index is 12.7. The van der Waals surface area contributed by atoms with Crippen molar-refractivity contribution in [2.24, 2.45) is 5.92 Å². The maximum Gasteiger partial charge on any atom is 0.314 e. The lowest BCUT2D eigenvalue weighted by Crippen LogP contribution is -2.45. The molecule has 3 aromatic rings. The number of aromatic nitrogens is 1. The fourth-order valence-electron chi connectivity index (χ4n) is 3.76. The Morgan fingerprint density at radius 2 is 1.67 bits per heavy atom. The van der Waals surface area contributed by atoms with Crippen LogP contribution in [0.15, 0.2) is 54.6 Å². The molecule has 0 radical (unpaired) electrons. The Morgan fingerprint density at radius 3 is 2.36 bits per heavy atom. The topological polar surface area (TPSA) is 112 Å². The lowest BCUT2D eigenvalue weighted by Gasteiger charge is -2.30. The molecule has 3 amide bonds. The van der Waals surface area contributed by atoms with E-state index in [-0.39, 0.29) is 17.6 Å². The van der Waals surface area contributed by atoms with Gasteiger partial charge in [-0.15, -0.1) is 11.3 Å². The average molecular weight is 465 g/mol. The van der Waals surface area contributed by atoms with Crippen LogP contribution < -0.4 is 10.6 Å². The number of likely N-dealkylation sites (tertiary alicyclic amines) is 1. The average Bonchev–Trinajstić information content (AvgIpc) is 3.20. The number of rotatable bonds is 4. The van der Waals surface area contributed by atoms with E-state index in [9.17, 15) is 19.5 Å². The van der Waals surface area contributed by atoms with E-state index in [1.54, 1.807) is 18.2 Å². The number of piperidine rings is 1. The second kappa shape index (κ2) is 9.83. The van der Waals surface area contributed by atoms with Crippen LogP contribution in [0.3, 0.4) is 0 Å².